The predicted octanol–water partition coefficient (Wildman–Crippen LogP) is 4.03. The molecule has 1 aromatic carbocycles. The quantitative estimate of drug-likeness (QED) is 0.528. The molecule has 0 radical (unpaired) electrons. The number of hydrogen-bond donors (Lipinski definition) is 0. The van der Waals surface area contributed by atoms with Crippen molar-refractivity contribution >= 4 is 22.8 Å². The number of aromatic nitrogens is 2. The highest BCUT2D eigenvalue weighted by atomic mass is 16.7. The molecule has 2 unspecified atom stereocenters. The average molecular weight is 551 g/mol. The van der Waals surface area contributed by atoms with Gasteiger partial charge in [-0.1, -0.05) is 44.2 Å². The van der Waals surface area contributed by atoms with Crippen molar-refractivity contribution < 1.29 is 19.0 Å². The molecule has 216 valence electrons. The lowest BCUT2D eigenvalue weighted by molar-refractivity contribution is -0.214. The van der Waals surface area contributed by atoms with E-state index < -0.39 is 11.7 Å². The summed E-state index contributed by atoms with van der Waals surface area (Å²) in [5, 5.41) is 0. The Labute approximate surface area is 235 Å². The molecule has 4 atom stereocenters. The number of carbonyl (C=O) groups excluding carboxylic acids is 1. The molecule has 0 amide bonds. The molecule has 7 rings (SSSR count). The Kier molecular flexibility index (Phi) is 7.08. The van der Waals surface area contributed by atoms with Gasteiger partial charge in [0, 0.05) is 37.6 Å². The molecule has 5 heterocycles. The summed E-state index contributed by atoms with van der Waals surface area (Å²) in [6.07, 6.45) is 13.1. The van der Waals surface area contributed by atoms with Crippen molar-refractivity contribution in [2.24, 2.45) is 5.92 Å². The summed E-state index contributed by atoms with van der Waals surface area (Å²) in [6, 6.07) is 9.75. The highest BCUT2D eigenvalue weighted by molar-refractivity contribution is 5.78. The van der Waals surface area contributed by atoms with Crippen LogP contribution in [0.2, 0.25) is 0 Å². The molecule has 2 bridgehead atoms. The van der Waals surface area contributed by atoms with Crippen molar-refractivity contribution in [2.75, 3.05) is 38.3 Å². The number of ether oxygens (including phenoxy) is 3. The van der Waals surface area contributed by atoms with Gasteiger partial charge in [-0.05, 0) is 44.2 Å². The summed E-state index contributed by atoms with van der Waals surface area (Å²) in [6.45, 7) is 1.71. The first-order valence-electron chi connectivity index (χ1n) is 15.5. The van der Waals surface area contributed by atoms with E-state index in [0.717, 1.165) is 23.9 Å². The third-order valence-electron chi connectivity index (χ3n) is 10.4. The molecule has 9 heteroatoms. The van der Waals surface area contributed by atoms with E-state index in [4.69, 9.17) is 19.2 Å². The first kappa shape index (κ1) is 26.4. The number of piperidine rings is 1. The topological polar surface area (TPSA) is 86.1 Å². The van der Waals surface area contributed by atoms with Gasteiger partial charge in [0.25, 0.3) is 5.56 Å². The van der Waals surface area contributed by atoms with Gasteiger partial charge in [0.1, 0.15) is 5.92 Å². The zero-order chi connectivity index (χ0) is 27.3. The fourth-order valence-electron chi connectivity index (χ4n) is 8.57. The van der Waals surface area contributed by atoms with Crippen LogP contribution in [0, 0.1) is 5.92 Å². The molecule has 1 aromatic heterocycles. The molecule has 4 saturated heterocycles. The van der Waals surface area contributed by atoms with Crippen LogP contribution < -0.4 is 10.5 Å². The van der Waals surface area contributed by atoms with Gasteiger partial charge in [-0.3, -0.25) is 19.1 Å². The Hall–Kier alpha value is -2.49. The fourth-order valence-corrected chi connectivity index (χ4v) is 8.57. The predicted molar refractivity (Wildman–Crippen MR) is 151 cm³/mol. The summed E-state index contributed by atoms with van der Waals surface area (Å²) in [5.41, 5.74) is 1.68. The number of esters is 1. The number of para-hydroxylation sites is 2. The number of rotatable bonds is 4. The Morgan fingerprint density at radius 1 is 0.975 bits per heavy atom. The van der Waals surface area contributed by atoms with Crippen LogP contribution in [0.4, 0.5) is 5.82 Å². The highest BCUT2D eigenvalue weighted by Crippen LogP contribution is 2.47. The van der Waals surface area contributed by atoms with Crippen molar-refractivity contribution in [2.45, 2.75) is 101 Å². The van der Waals surface area contributed by atoms with Crippen LogP contribution >= 0.6 is 0 Å². The van der Waals surface area contributed by atoms with Crippen molar-refractivity contribution in [3.05, 3.63) is 34.6 Å². The Bertz CT molecular complexity index is 1300. The van der Waals surface area contributed by atoms with Crippen molar-refractivity contribution in [3.63, 3.8) is 0 Å². The van der Waals surface area contributed by atoms with Crippen LogP contribution in [0.15, 0.2) is 29.1 Å². The van der Waals surface area contributed by atoms with Crippen molar-refractivity contribution in [1.82, 2.24) is 14.5 Å². The van der Waals surface area contributed by atoms with E-state index in [1.165, 1.54) is 58.5 Å². The van der Waals surface area contributed by atoms with E-state index >= 15 is 0 Å². The minimum atomic E-state index is -0.984. The minimum Gasteiger partial charge on any atom is -0.469 e. The van der Waals surface area contributed by atoms with E-state index in [1.54, 1.807) is 0 Å². The molecule has 1 saturated carbocycles. The zero-order valence-electron chi connectivity index (χ0n) is 23.6. The van der Waals surface area contributed by atoms with Crippen LogP contribution in [0.5, 0.6) is 0 Å². The Morgan fingerprint density at radius 2 is 1.73 bits per heavy atom. The number of nitrogens with zero attached hydrogens (tertiary/aromatic N) is 4. The van der Waals surface area contributed by atoms with Gasteiger partial charge in [0.15, 0.2) is 11.6 Å². The monoisotopic (exact) mass is 550 g/mol. The maximum absolute atomic E-state index is 14.4. The van der Waals surface area contributed by atoms with Crippen LogP contribution in [-0.4, -0.2) is 77.7 Å². The average Bonchev–Trinajstić information content (AvgIpc) is 3.68. The van der Waals surface area contributed by atoms with Gasteiger partial charge in [0.2, 0.25) is 0 Å². The second-order valence-electron chi connectivity index (χ2n) is 12.4. The Balaban J connectivity index is 1.24. The summed E-state index contributed by atoms with van der Waals surface area (Å²) in [5.74, 6) is -1.59. The van der Waals surface area contributed by atoms with Gasteiger partial charge < -0.3 is 19.1 Å². The molecule has 40 heavy (non-hydrogen) atoms. The third-order valence-corrected chi connectivity index (χ3v) is 10.4. The minimum absolute atomic E-state index is 0.0540. The van der Waals surface area contributed by atoms with Gasteiger partial charge in [-0.25, -0.2) is 4.98 Å². The lowest BCUT2D eigenvalue weighted by Crippen LogP contribution is -2.57. The second kappa shape index (κ2) is 10.7. The number of carbonyl (C=O) groups is 1. The van der Waals surface area contributed by atoms with Gasteiger partial charge >= 0.3 is 5.97 Å². The molecule has 5 fully saturated rings. The summed E-state index contributed by atoms with van der Waals surface area (Å²) in [7, 11) is 1.39. The van der Waals surface area contributed by atoms with Crippen LogP contribution in [-0.2, 0) is 19.0 Å². The lowest BCUT2D eigenvalue weighted by Gasteiger charge is -2.42. The maximum atomic E-state index is 14.4. The molecule has 1 spiro atoms. The number of hydrogen-bond acceptors (Lipinski definition) is 8. The first-order valence-corrected chi connectivity index (χ1v) is 15.5. The molecular formula is C31H42N4O5. The van der Waals surface area contributed by atoms with Crippen LogP contribution in [0.1, 0.15) is 76.7 Å². The third kappa shape index (κ3) is 4.36. The van der Waals surface area contributed by atoms with E-state index in [9.17, 15) is 9.59 Å². The van der Waals surface area contributed by atoms with E-state index in [-0.39, 0.29) is 24.1 Å². The number of fused-ring (bicyclic) bond motifs is 3. The smallest absolute Gasteiger partial charge is 0.315 e. The van der Waals surface area contributed by atoms with E-state index in [1.807, 2.05) is 29.2 Å². The SMILES string of the molecule is COC(=O)C1CN(c2nc3ccccc3n([C@@H]3C[C@@H]4CCC3N4C3CCCCCCC3)c2=O)CCC12OCCO2. The number of methoxy groups -OCH3 is 1. The number of anilines is 1. The van der Waals surface area contributed by atoms with Crippen molar-refractivity contribution in [1.29, 1.82) is 0 Å². The molecule has 5 aliphatic rings. The summed E-state index contributed by atoms with van der Waals surface area (Å²) >= 11 is 0. The highest BCUT2D eigenvalue weighted by Gasteiger charge is 2.53. The molecule has 2 aromatic rings. The zero-order valence-corrected chi connectivity index (χ0v) is 23.6. The Morgan fingerprint density at radius 3 is 2.50 bits per heavy atom. The molecule has 9 nitrogen and oxygen atoms in total. The van der Waals surface area contributed by atoms with Gasteiger partial charge in [-0.15, -0.1) is 0 Å². The summed E-state index contributed by atoms with van der Waals surface area (Å²) < 4.78 is 19.2. The number of benzene rings is 1. The van der Waals surface area contributed by atoms with Crippen LogP contribution in [0.3, 0.4) is 0 Å². The molecule has 0 N–H and O–H groups in total. The van der Waals surface area contributed by atoms with Crippen LogP contribution in [0.25, 0.3) is 11.0 Å². The first-order chi connectivity index (χ1) is 19.6. The normalized spacial score (nSPS) is 31.1. The standard InChI is InChI=1S/C31H42N4O5/c1-38-30(37)23-20-33(16-15-31(23)39-17-18-40-31)28-29(36)35(25-12-8-7-11-24(25)32-28)27-19-22-13-14-26(27)34(22)21-9-5-3-2-4-6-10-21/h7-8,11-12,21-23,26-27H,2-6,9-10,13-20H2,1H3/t22-,23?,26?,27+/m0/s1. The fraction of sp³-hybridized carbons (Fsp3) is 0.710. The summed E-state index contributed by atoms with van der Waals surface area (Å²) in [4.78, 5) is 37.0. The largest absolute Gasteiger partial charge is 0.469 e. The van der Waals surface area contributed by atoms with E-state index in [0.29, 0.717) is 50.1 Å². The lowest BCUT2D eigenvalue weighted by atomic mass is 9.90. The maximum Gasteiger partial charge on any atom is 0.315 e. The van der Waals surface area contributed by atoms with Gasteiger partial charge in [0.05, 0.1) is 37.4 Å². The second-order valence-corrected chi connectivity index (χ2v) is 12.4. The molecular weight excluding hydrogens is 508 g/mol. The van der Waals surface area contributed by atoms with Crippen molar-refractivity contribution in [3.8, 4) is 0 Å². The molecule has 1 aliphatic carbocycles. The van der Waals surface area contributed by atoms with E-state index in [2.05, 4.69) is 9.47 Å². The molecule has 4 aliphatic heterocycles. The van der Waals surface area contributed by atoms with Gasteiger partial charge in [-0.2, -0.15) is 0 Å².